The average molecular weight is 641 g/mol. The minimum atomic E-state index is -0.105. The Morgan fingerprint density at radius 1 is 0.460 bits per heavy atom. The number of aromatic nitrogens is 2. The van der Waals surface area contributed by atoms with E-state index in [1.165, 1.54) is 38.6 Å². The molecule has 0 spiro atoms. The Hall–Kier alpha value is -6.32. The van der Waals surface area contributed by atoms with Crippen LogP contribution in [0.15, 0.2) is 162 Å². The minimum absolute atomic E-state index is 0.105. The first-order valence-electron chi connectivity index (χ1n) is 17.2. The van der Waals surface area contributed by atoms with Crippen molar-refractivity contribution in [2.75, 3.05) is 0 Å². The lowest BCUT2D eigenvalue weighted by molar-refractivity contribution is 0.661. The van der Waals surface area contributed by atoms with Crippen LogP contribution in [0.5, 0.6) is 0 Å². The number of furan rings is 1. The van der Waals surface area contributed by atoms with Crippen LogP contribution in [0.4, 0.5) is 0 Å². The zero-order valence-electron chi connectivity index (χ0n) is 27.8. The van der Waals surface area contributed by atoms with Crippen molar-refractivity contribution >= 4 is 32.7 Å². The van der Waals surface area contributed by atoms with Crippen molar-refractivity contribution in [1.29, 1.82) is 0 Å². The van der Waals surface area contributed by atoms with Gasteiger partial charge in [-0.2, -0.15) is 0 Å². The van der Waals surface area contributed by atoms with E-state index in [-0.39, 0.29) is 5.41 Å². The summed E-state index contributed by atoms with van der Waals surface area (Å²) in [6, 6.07) is 55.9. The summed E-state index contributed by atoms with van der Waals surface area (Å²) < 4.78 is 6.46. The van der Waals surface area contributed by atoms with Gasteiger partial charge in [0.25, 0.3) is 0 Å². The van der Waals surface area contributed by atoms with Gasteiger partial charge in [-0.3, -0.25) is 0 Å². The zero-order valence-corrected chi connectivity index (χ0v) is 27.8. The fraction of sp³-hybridized carbons (Fsp3) is 0.0638. The van der Waals surface area contributed by atoms with Crippen molar-refractivity contribution in [3.05, 3.63) is 169 Å². The molecule has 0 radical (unpaired) electrons. The summed E-state index contributed by atoms with van der Waals surface area (Å²) >= 11 is 0. The molecule has 1 aliphatic rings. The molecule has 9 aromatic rings. The SMILES string of the molecule is CC1(C)c2cc3ccccc3cc2-c2c(-c3cccc(-c4cc(-c5cccc6c5oc5ccccc56)nc(-c5ccccc5)n4)c3)cccc21. The molecule has 0 saturated carbocycles. The normalized spacial score (nSPS) is 13.2. The van der Waals surface area contributed by atoms with Crippen LogP contribution in [0.1, 0.15) is 25.0 Å². The Kier molecular flexibility index (Phi) is 6.22. The molecule has 50 heavy (non-hydrogen) atoms. The van der Waals surface area contributed by atoms with Gasteiger partial charge in [0.1, 0.15) is 11.2 Å². The van der Waals surface area contributed by atoms with E-state index in [0.717, 1.165) is 55.6 Å². The van der Waals surface area contributed by atoms with Gasteiger partial charge in [0, 0.05) is 32.9 Å². The van der Waals surface area contributed by atoms with Crippen molar-refractivity contribution in [3.63, 3.8) is 0 Å². The Bertz CT molecular complexity index is 2790. The monoisotopic (exact) mass is 640 g/mol. The van der Waals surface area contributed by atoms with Crippen LogP contribution in [-0.4, -0.2) is 9.97 Å². The van der Waals surface area contributed by atoms with Gasteiger partial charge < -0.3 is 4.42 Å². The summed E-state index contributed by atoms with van der Waals surface area (Å²) in [4.78, 5) is 10.3. The van der Waals surface area contributed by atoms with Gasteiger partial charge in [-0.15, -0.1) is 0 Å². The van der Waals surface area contributed by atoms with Crippen LogP contribution >= 0.6 is 0 Å². The lowest BCUT2D eigenvalue weighted by atomic mass is 9.81. The molecule has 7 aromatic carbocycles. The van der Waals surface area contributed by atoms with Gasteiger partial charge in [0.05, 0.1) is 11.4 Å². The van der Waals surface area contributed by atoms with Crippen molar-refractivity contribution in [1.82, 2.24) is 9.97 Å². The summed E-state index contributed by atoms with van der Waals surface area (Å²) in [6.45, 7) is 4.70. The molecule has 0 unspecified atom stereocenters. The Balaban J connectivity index is 1.16. The van der Waals surface area contributed by atoms with Gasteiger partial charge in [0.2, 0.25) is 0 Å². The first-order valence-corrected chi connectivity index (χ1v) is 17.2. The highest BCUT2D eigenvalue weighted by molar-refractivity contribution is 6.09. The molecule has 0 fully saturated rings. The minimum Gasteiger partial charge on any atom is -0.455 e. The van der Waals surface area contributed by atoms with E-state index >= 15 is 0 Å². The van der Waals surface area contributed by atoms with E-state index in [1.54, 1.807) is 0 Å². The topological polar surface area (TPSA) is 38.9 Å². The molecule has 0 atom stereocenters. The van der Waals surface area contributed by atoms with Crippen LogP contribution < -0.4 is 0 Å². The highest BCUT2D eigenvalue weighted by Gasteiger charge is 2.37. The number of benzene rings is 7. The highest BCUT2D eigenvalue weighted by Crippen LogP contribution is 2.53. The third-order valence-electron chi connectivity index (χ3n) is 10.5. The van der Waals surface area contributed by atoms with Crippen LogP contribution in [0.2, 0.25) is 0 Å². The largest absolute Gasteiger partial charge is 0.455 e. The van der Waals surface area contributed by atoms with Gasteiger partial charge in [-0.25, -0.2) is 9.97 Å². The second-order valence-corrected chi connectivity index (χ2v) is 13.8. The molecule has 0 N–H and O–H groups in total. The fourth-order valence-electron chi connectivity index (χ4n) is 7.96. The van der Waals surface area contributed by atoms with Crippen molar-refractivity contribution in [3.8, 4) is 56.2 Å². The predicted molar refractivity (Wildman–Crippen MR) is 206 cm³/mol. The van der Waals surface area contributed by atoms with Crippen molar-refractivity contribution in [2.45, 2.75) is 19.3 Å². The second-order valence-electron chi connectivity index (χ2n) is 13.8. The number of rotatable bonds is 4. The highest BCUT2D eigenvalue weighted by atomic mass is 16.3. The molecule has 3 nitrogen and oxygen atoms in total. The lowest BCUT2D eigenvalue weighted by Crippen LogP contribution is -2.14. The Morgan fingerprint density at radius 3 is 2.00 bits per heavy atom. The molecular formula is C47H32N2O. The van der Waals surface area contributed by atoms with E-state index in [0.29, 0.717) is 5.82 Å². The molecule has 2 aromatic heterocycles. The molecular weight excluding hydrogens is 609 g/mol. The molecule has 2 heterocycles. The maximum absolute atomic E-state index is 6.46. The van der Waals surface area contributed by atoms with Crippen LogP contribution in [0, 0.1) is 0 Å². The number of hydrogen-bond donors (Lipinski definition) is 0. The zero-order chi connectivity index (χ0) is 33.4. The van der Waals surface area contributed by atoms with E-state index in [4.69, 9.17) is 14.4 Å². The Morgan fingerprint density at radius 2 is 1.12 bits per heavy atom. The van der Waals surface area contributed by atoms with Crippen LogP contribution in [0.25, 0.3) is 88.9 Å². The molecule has 0 bridgehead atoms. The number of nitrogens with zero attached hydrogens (tertiary/aromatic N) is 2. The first kappa shape index (κ1) is 28.7. The van der Waals surface area contributed by atoms with E-state index in [2.05, 4.69) is 141 Å². The lowest BCUT2D eigenvalue weighted by Gasteiger charge is -2.22. The van der Waals surface area contributed by atoms with E-state index in [9.17, 15) is 0 Å². The molecule has 1 aliphatic carbocycles. The summed E-state index contributed by atoms with van der Waals surface area (Å²) in [5.41, 5.74) is 14.0. The summed E-state index contributed by atoms with van der Waals surface area (Å²) in [6.07, 6.45) is 0. The van der Waals surface area contributed by atoms with Crippen molar-refractivity contribution in [2.24, 2.45) is 0 Å². The standard InChI is InChI=1S/C47H32N2O/c1-47(2)39-23-12-20-34(44(39)38-26-30-15-6-7-16-31(30)27-40(38)47)32-17-10-18-33(25-32)41-28-42(49-46(48-41)29-13-4-3-5-14-29)37-22-11-21-36-35-19-8-9-24-43(35)50-45(36)37/h3-28H,1-2H3. The molecule has 236 valence electrons. The first-order chi connectivity index (χ1) is 24.5. The van der Waals surface area contributed by atoms with Gasteiger partial charge in [-0.1, -0.05) is 135 Å². The van der Waals surface area contributed by atoms with E-state index in [1.807, 2.05) is 30.3 Å². The third-order valence-corrected chi connectivity index (χ3v) is 10.5. The summed E-state index contributed by atoms with van der Waals surface area (Å²) in [5.74, 6) is 0.680. The molecule has 10 rings (SSSR count). The van der Waals surface area contributed by atoms with Gasteiger partial charge in [-0.05, 0) is 80.6 Å². The summed E-state index contributed by atoms with van der Waals surface area (Å²) in [7, 11) is 0. The number of fused-ring (bicyclic) bond motifs is 7. The predicted octanol–water partition coefficient (Wildman–Crippen LogP) is 12.5. The quantitative estimate of drug-likeness (QED) is 0.192. The van der Waals surface area contributed by atoms with Gasteiger partial charge >= 0.3 is 0 Å². The average Bonchev–Trinajstić information content (AvgIpc) is 3.66. The van der Waals surface area contributed by atoms with Crippen molar-refractivity contribution < 1.29 is 4.42 Å². The smallest absolute Gasteiger partial charge is 0.160 e. The number of para-hydroxylation sites is 2. The second kappa shape index (κ2) is 10.8. The third kappa shape index (κ3) is 4.37. The Labute approximate surface area is 290 Å². The van der Waals surface area contributed by atoms with Crippen LogP contribution in [0.3, 0.4) is 0 Å². The molecule has 0 saturated heterocycles. The maximum atomic E-state index is 6.46. The molecule has 0 aliphatic heterocycles. The molecule has 3 heteroatoms. The van der Waals surface area contributed by atoms with Crippen LogP contribution in [-0.2, 0) is 5.41 Å². The van der Waals surface area contributed by atoms with E-state index < -0.39 is 0 Å². The number of hydrogen-bond acceptors (Lipinski definition) is 3. The fourth-order valence-corrected chi connectivity index (χ4v) is 7.96. The summed E-state index contributed by atoms with van der Waals surface area (Å²) in [5, 5.41) is 4.72. The molecule has 0 amide bonds. The van der Waals surface area contributed by atoms with Gasteiger partial charge in [0.15, 0.2) is 5.82 Å². The maximum Gasteiger partial charge on any atom is 0.160 e.